The molecular formula is C18H22N4O3. The molecule has 0 aliphatic carbocycles. The monoisotopic (exact) mass is 342 g/mol. The summed E-state index contributed by atoms with van der Waals surface area (Å²) in [6.45, 7) is 7.11. The number of rotatable bonds is 7. The van der Waals surface area contributed by atoms with Crippen molar-refractivity contribution < 1.29 is 14.3 Å². The van der Waals surface area contributed by atoms with Gasteiger partial charge in [0.1, 0.15) is 0 Å². The van der Waals surface area contributed by atoms with E-state index in [1.807, 2.05) is 13.8 Å². The smallest absolute Gasteiger partial charge is 0.340 e. The van der Waals surface area contributed by atoms with Crippen molar-refractivity contribution in [2.24, 2.45) is 0 Å². The predicted molar refractivity (Wildman–Crippen MR) is 95.0 cm³/mol. The second-order valence-corrected chi connectivity index (χ2v) is 5.17. The van der Waals surface area contributed by atoms with Gasteiger partial charge >= 0.3 is 5.97 Å². The molecule has 1 heterocycles. The molecule has 0 aliphatic heterocycles. The van der Waals surface area contributed by atoms with Crippen LogP contribution in [0.25, 0.3) is 0 Å². The lowest BCUT2D eigenvalue weighted by Crippen LogP contribution is -2.31. The van der Waals surface area contributed by atoms with Gasteiger partial charge in [0.25, 0.3) is 5.91 Å². The largest absolute Gasteiger partial charge is 0.462 e. The Hall–Kier alpha value is -2.96. The summed E-state index contributed by atoms with van der Waals surface area (Å²) in [7, 11) is 0. The van der Waals surface area contributed by atoms with Crippen molar-refractivity contribution in [3.63, 3.8) is 0 Å². The van der Waals surface area contributed by atoms with Gasteiger partial charge in [-0.25, -0.2) is 4.79 Å². The van der Waals surface area contributed by atoms with E-state index in [0.717, 1.165) is 0 Å². The number of aromatic nitrogens is 2. The van der Waals surface area contributed by atoms with Gasteiger partial charge in [-0.05, 0) is 45.0 Å². The van der Waals surface area contributed by atoms with Crippen LogP contribution in [0, 0.1) is 0 Å². The van der Waals surface area contributed by atoms with Gasteiger partial charge < -0.3 is 15.0 Å². The van der Waals surface area contributed by atoms with Crippen LogP contribution in [0.4, 0.5) is 11.5 Å². The quantitative estimate of drug-likeness (QED) is 0.779. The van der Waals surface area contributed by atoms with Gasteiger partial charge in [-0.2, -0.15) is 0 Å². The summed E-state index contributed by atoms with van der Waals surface area (Å²) in [5, 5.41) is 11.1. The molecule has 1 aromatic heterocycles. The normalized spacial score (nSPS) is 10.2. The van der Waals surface area contributed by atoms with Crippen molar-refractivity contribution in [1.82, 2.24) is 15.1 Å². The highest BCUT2D eigenvalue weighted by Crippen LogP contribution is 2.20. The fraction of sp³-hybridized carbons (Fsp3) is 0.333. The van der Waals surface area contributed by atoms with Crippen molar-refractivity contribution >= 4 is 23.4 Å². The number of amides is 1. The third-order valence-corrected chi connectivity index (χ3v) is 3.62. The first-order chi connectivity index (χ1) is 12.1. The molecule has 7 heteroatoms. The number of esters is 1. The lowest BCUT2D eigenvalue weighted by molar-refractivity contribution is 0.0527. The topological polar surface area (TPSA) is 84.4 Å². The van der Waals surface area contributed by atoms with Gasteiger partial charge in [-0.1, -0.05) is 12.1 Å². The van der Waals surface area contributed by atoms with E-state index in [-0.39, 0.29) is 11.6 Å². The zero-order valence-electron chi connectivity index (χ0n) is 14.7. The van der Waals surface area contributed by atoms with Crippen LogP contribution in [0.3, 0.4) is 0 Å². The second-order valence-electron chi connectivity index (χ2n) is 5.17. The van der Waals surface area contributed by atoms with E-state index in [2.05, 4.69) is 15.5 Å². The Morgan fingerprint density at radius 3 is 2.36 bits per heavy atom. The Kier molecular flexibility index (Phi) is 6.45. The van der Waals surface area contributed by atoms with Gasteiger partial charge in [0, 0.05) is 13.1 Å². The molecule has 1 amide bonds. The van der Waals surface area contributed by atoms with Gasteiger partial charge in [-0.15, -0.1) is 10.2 Å². The third kappa shape index (κ3) is 4.53. The molecule has 25 heavy (non-hydrogen) atoms. The SMILES string of the molecule is CCOC(=O)c1ccccc1Nc1ccc(C(=O)N(CC)CC)nn1. The van der Waals surface area contributed by atoms with Crippen LogP contribution in [0.15, 0.2) is 36.4 Å². The van der Waals surface area contributed by atoms with Crippen molar-refractivity contribution in [3.05, 3.63) is 47.7 Å². The molecule has 0 fully saturated rings. The number of carbonyl (C=O) groups is 2. The fourth-order valence-electron chi connectivity index (χ4n) is 2.30. The Bertz CT molecular complexity index is 727. The average molecular weight is 342 g/mol. The van der Waals surface area contributed by atoms with Crippen LogP contribution >= 0.6 is 0 Å². The zero-order chi connectivity index (χ0) is 18.2. The maximum absolute atomic E-state index is 12.2. The van der Waals surface area contributed by atoms with E-state index in [1.165, 1.54) is 0 Å². The van der Waals surface area contributed by atoms with E-state index in [0.29, 0.717) is 36.8 Å². The Morgan fingerprint density at radius 1 is 1.04 bits per heavy atom. The number of benzene rings is 1. The summed E-state index contributed by atoms with van der Waals surface area (Å²) in [6, 6.07) is 10.3. The summed E-state index contributed by atoms with van der Waals surface area (Å²) >= 11 is 0. The number of nitrogens with one attached hydrogen (secondary N) is 1. The molecule has 0 atom stereocenters. The number of nitrogens with zero attached hydrogens (tertiary/aromatic N) is 3. The summed E-state index contributed by atoms with van der Waals surface area (Å²) in [4.78, 5) is 25.9. The Morgan fingerprint density at radius 2 is 1.76 bits per heavy atom. The van der Waals surface area contributed by atoms with Crippen LogP contribution in [0.2, 0.25) is 0 Å². The van der Waals surface area contributed by atoms with Crippen molar-refractivity contribution in [2.75, 3.05) is 25.0 Å². The maximum Gasteiger partial charge on any atom is 0.340 e. The Balaban J connectivity index is 2.17. The molecule has 0 bridgehead atoms. The van der Waals surface area contributed by atoms with Crippen LogP contribution in [-0.2, 0) is 4.74 Å². The van der Waals surface area contributed by atoms with Gasteiger partial charge in [-0.3, -0.25) is 4.79 Å². The highest BCUT2D eigenvalue weighted by molar-refractivity contribution is 5.96. The summed E-state index contributed by atoms with van der Waals surface area (Å²) in [6.07, 6.45) is 0. The number of hydrogen-bond acceptors (Lipinski definition) is 6. The van der Waals surface area contributed by atoms with E-state index in [1.54, 1.807) is 48.2 Å². The highest BCUT2D eigenvalue weighted by Gasteiger charge is 2.15. The molecule has 0 saturated carbocycles. The standard InChI is InChI=1S/C18H22N4O3/c1-4-22(5-2)17(23)15-11-12-16(21-20-15)19-14-10-8-7-9-13(14)18(24)25-6-3/h7-12H,4-6H2,1-3H3,(H,19,21). The Labute approximate surface area is 147 Å². The molecule has 0 saturated heterocycles. The van der Waals surface area contributed by atoms with Gasteiger partial charge in [0.05, 0.1) is 17.9 Å². The molecule has 1 aromatic carbocycles. The lowest BCUT2D eigenvalue weighted by atomic mass is 10.2. The van der Waals surface area contributed by atoms with Gasteiger partial charge in [0.2, 0.25) is 0 Å². The van der Waals surface area contributed by atoms with Gasteiger partial charge in [0.15, 0.2) is 11.5 Å². The second kappa shape index (κ2) is 8.77. The molecule has 0 unspecified atom stereocenters. The van der Waals surface area contributed by atoms with E-state index >= 15 is 0 Å². The minimum atomic E-state index is -0.410. The molecule has 2 rings (SSSR count). The first kappa shape index (κ1) is 18.4. The molecule has 1 N–H and O–H groups in total. The number of carbonyl (C=O) groups excluding carboxylic acids is 2. The number of para-hydroxylation sites is 1. The molecule has 132 valence electrons. The highest BCUT2D eigenvalue weighted by atomic mass is 16.5. The molecule has 0 spiro atoms. The predicted octanol–water partition coefficient (Wildman–Crippen LogP) is 2.88. The first-order valence-electron chi connectivity index (χ1n) is 8.26. The summed E-state index contributed by atoms with van der Waals surface area (Å²) < 4.78 is 5.04. The first-order valence-corrected chi connectivity index (χ1v) is 8.26. The van der Waals surface area contributed by atoms with Crippen LogP contribution in [0.1, 0.15) is 41.6 Å². The van der Waals surface area contributed by atoms with Crippen molar-refractivity contribution in [2.45, 2.75) is 20.8 Å². The summed E-state index contributed by atoms with van der Waals surface area (Å²) in [5.74, 6) is -0.129. The molecule has 2 aromatic rings. The molecular weight excluding hydrogens is 320 g/mol. The zero-order valence-corrected chi connectivity index (χ0v) is 14.7. The van der Waals surface area contributed by atoms with Crippen LogP contribution in [0.5, 0.6) is 0 Å². The maximum atomic E-state index is 12.2. The van der Waals surface area contributed by atoms with Crippen LogP contribution in [-0.4, -0.2) is 46.7 Å². The fourth-order valence-corrected chi connectivity index (χ4v) is 2.30. The van der Waals surface area contributed by atoms with E-state index in [4.69, 9.17) is 4.74 Å². The van der Waals surface area contributed by atoms with E-state index < -0.39 is 5.97 Å². The number of anilines is 2. The van der Waals surface area contributed by atoms with Crippen LogP contribution < -0.4 is 5.32 Å². The average Bonchev–Trinajstić information content (AvgIpc) is 2.64. The minimum absolute atomic E-state index is 0.157. The molecule has 0 aliphatic rings. The molecule has 0 radical (unpaired) electrons. The van der Waals surface area contributed by atoms with Crippen molar-refractivity contribution in [1.29, 1.82) is 0 Å². The van der Waals surface area contributed by atoms with E-state index in [9.17, 15) is 9.59 Å². The number of ether oxygens (including phenoxy) is 1. The minimum Gasteiger partial charge on any atom is -0.462 e. The molecule has 7 nitrogen and oxygen atoms in total. The third-order valence-electron chi connectivity index (χ3n) is 3.62. The summed E-state index contributed by atoms with van der Waals surface area (Å²) in [5.41, 5.74) is 1.26. The van der Waals surface area contributed by atoms with Crippen molar-refractivity contribution in [3.8, 4) is 0 Å². The number of hydrogen-bond donors (Lipinski definition) is 1. The lowest BCUT2D eigenvalue weighted by Gasteiger charge is -2.17.